The Labute approximate surface area is 151 Å². The molecule has 0 aliphatic heterocycles. The number of amides is 1. The largest absolute Gasteiger partial charge is 0.456 e. The number of esters is 1. The average molecular weight is 368 g/mol. The van der Waals surface area contributed by atoms with E-state index in [1.807, 2.05) is 0 Å². The molecule has 3 rings (SSSR count). The van der Waals surface area contributed by atoms with E-state index in [9.17, 15) is 14.4 Å². The second-order valence-electron chi connectivity index (χ2n) is 5.18. The van der Waals surface area contributed by atoms with Gasteiger partial charge in [0.15, 0.2) is 4.96 Å². The number of nitriles is 1. The number of ether oxygens (including phenoxy) is 1. The summed E-state index contributed by atoms with van der Waals surface area (Å²) < 4.78 is 6.59. The van der Waals surface area contributed by atoms with Crippen molar-refractivity contribution in [2.24, 2.45) is 0 Å². The molecule has 0 aliphatic carbocycles. The van der Waals surface area contributed by atoms with Gasteiger partial charge < -0.3 is 10.1 Å². The number of hydrogen-bond acceptors (Lipinski definition) is 7. The van der Waals surface area contributed by atoms with Gasteiger partial charge in [-0.05, 0) is 24.3 Å². The predicted octanol–water partition coefficient (Wildman–Crippen LogP) is 1.97. The minimum absolute atomic E-state index is 0.122. The summed E-state index contributed by atoms with van der Waals surface area (Å²) in [6.07, 6.45) is 1.38. The lowest BCUT2D eigenvalue weighted by molar-refractivity contribution is -0.115. The predicted molar refractivity (Wildman–Crippen MR) is 93.8 cm³/mol. The molecule has 0 aliphatic rings. The van der Waals surface area contributed by atoms with Crippen LogP contribution in [0.25, 0.3) is 4.96 Å². The molecule has 0 saturated carbocycles. The Hall–Kier alpha value is -3.51. The summed E-state index contributed by atoms with van der Waals surface area (Å²) in [5, 5.41) is 12.7. The van der Waals surface area contributed by atoms with Gasteiger partial charge in [0.05, 0.1) is 17.3 Å². The number of carbonyl (C=O) groups excluding carboxylic acids is 2. The Bertz CT molecular complexity index is 1060. The molecular formula is C17H12N4O4S. The van der Waals surface area contributed by atoms with Crippen LogP contribution in [0.15, 0.2) is 46.7 Å². The van der Waals surface area contributed by atoms with Crippen LogP contribution in [0.3, 0.4) is 0 Å². The summed E-state index contributed by atoms with van der Waals surface area (Å²) in [6, 6.07) is 9.13. The molecule has 26 heavy (non-hydrogen) atoms. The van der Waals surface area contributed by atoms with Crippen LogP contribution < -0.4 is 10.9 Å². The monoisotopic (exact) mass is 368 g/mol. The van der Waals surface area contributed by atoms with Crippen LogP contribution in [0.2, 0.25) is 0 Å². The molecule has 1 aromatic carbocycles. The van der Waals surface area contributed by atoms with Crippen LogP contribution in [0.5, 0.6) is 0 Å². The van der Waals surface area contributed by atoms with Gasteiger partial charge in [-0.3, -0.25) is 14.0 Å². The van der Waals surface area contributed by atoms with Crippen molar-refractivity contribution in [3.63, 3.8) is 0 Å². The maximum Gasteiger partial charge on any atom is 0.338 e. The van der Waals surface area contributed by atoms with Gasteiger partial charge >= 0.3 is 5.97 Å². The lowest BCUT2D eigenvalue weighted by Gasteiger charge is -2.06. The van der Waals surface area contributed by atoms with Crippen molar-refractivity contribution in [1.82, 2.24) is 9.38 Å². The van der Waals surface area contributed by atoms with E-state index >= 15 is 0 Å². The Morgan fingerprint density at radius 1 is 1.31 bits per heavy atom. The van der Waals surface area contributed by atoms with Crippen molar-refractivity contribution in [3.8, 4) is 6.07 Å². The molecule has 3 aromatic rings. The highest BCUT2D eigenvalue weighted by molar-refractivity contribution is 7.15. The van der Waals surface area contributed by atoms with Crippen molar-refractivity contribution in [2.45, 2.75) is 13.0 Å². The first kappa shape index (κ1) is 17.3. The number of thiazole rings is 1. The van der Waals surface area contributed by atoms with Crippen LogP contribution in [0.4, 0.5) is 5.69 Å². The van der Waals surface area contributed by atoms with Gasteiger partial charge in [-0.1, -0.05) is 0 Å². The number of aromatic nitrogens is 2. The zero-order valence-corrected chi connectivity index (χ0v) is 14.2. The molecule has 0 unspecified atom stereocenters. The van der Waals surface area contributed by atoms with Crippen molar-refractivity contribution in [3.05, 3.63) is 63.5 Å². The zero-order valence-electron chi connectivity index (χ0n) is 13.3. The minimum Gasteiger partial charge on any atom is -0.456 e. The van der Waals surface area contributed by atoms with E-state index in [4.69, 9.17) is 10.00 Å². The average Bonchev–Trinajstić information content (AvgIpc) is 3.10. The van der Waals surface area contributed by atoms with E-state index in [0.29, 0.717) is 16.3 Å². The first-order chi connectivity index (χ1) is 12.6. The number of nitrogens with one attached hydrogen (secondary N) is 1. The molecule has 0 saturated heterocycles. The Kier molecular flexibility index (Phi) is 5.05. The van der Waals surface area contributed by atoms with Gasteiger partial charge in [-0.2, -0.15) is 5.26 Å². The fourth-order valence-corrected chi connectivity index (χ4v) is 2.89. The molecule has 0 bridgehead atoms. The summed E-state index contributed by atoms with van der Waals surface area (Å²) >= 11 is 1.31. The van der Waals surface area contributed by atoms with E-state index in [-0.39, 0.29) is 24.2 Å². The molecule has 130 valence electrons. The number of fused-ring (bicyclic) bond motifs is 1. The summed E-state index contributed by atoms with van der Waals surface area (Å²) in [7, 11) is 0. The van der Waals surface area contributed by atoms with E-state index in [2.05, 4.69) is 10.3 Å². The third-order valence-electron chi connectivity index (χ3n) is 3.35. The van der Waals surface area contributed by atoms with Gasteiger partial charge in [-0.25, -0.2) is 9.78 Å². The number of nitrogens with zero attached hydrogens (tertiary/aromatic N) is 3. The standard InChI is InChI=1S/C17H12N4O4S/c18-6-5-14(22)19-12-3-1-11(2-4-12)16(24)25-10-13-9-15(23)21-7-8-26-17(21)20-13/h1-4,7-9H,5,10H2,(H,19,22). The molecule has 0 radical (unpaired) electrons. The molecular weight excluding hydrogens is 356 g/mol. The Morgan fingerprint density at radius 3 is 2.81 bits per heavy atom. The molecule has 9 heteroatoms. The smallest absolute Gasteiger partial charge is 0.338 e. The number of benzene rings is 1. The highest BCUT2D eigenvalue weighted by atomic mass is 32.1. The first-order valence-corrected chi connectivity index (χ1v) is 8.34. The van der Waals surface area contributed by atoms with Crippen LogP contribution >= 0.6 is 11.3 Å². The number of rotatable bonds is 5. The fraction of sp³-hybridized carbons (Fsp3) is 0.118. The maximum absolute atomic E-state index is 12.1. The molecule has 0 fully saturated rings. The van der Waals surface area contributed by atoms with Crippen molar-refractivity contribution < 1.29 is 14.3 Å². The molecule has 2 heterocycles. The lowest BCUT2D eigenvalue weighted by atomic mass is 10.2. The fourth-order valence-electron chi connectivity index (χ4n) is 2.15. The molecule has 1 N–H and O–H groups in total. The van der Waals surface area contributed by atoms with Crippen LogP contribution in [0.1, 0.15) is 22.5 Å². The second-order valence-corrected chi connectivity index (χ2v) is 6.05. The van der Waals surface area contributed by atoms with Crippen LogP contribution in [-0.2, 0) is 16.1 Å². The van der Waals surface area contributed by atoms with Gasteiger partial charge in [0.1, 0.15) is 13.0 Å². The molecule has 2 aromatic heterocycles. The third kappa shape index (κ3) is 3.93. The second kappa shape index (κ2) is 7.58. The number of anilines is 1. The summed E-state index contributed by atoms with van der Waals surface area (Å²) in [4.78, 5) is 40.1. The summed E-state index contributed by atoms with van der Waals surface area (Å²) in [5.41, 5.74) is 0.891. The van der Waals surface area contributed by atoms with E-state index in [0.717, 1.165) is 0 Å². The topological polar surface area (TPSA) is 114 Å². The molecule has 8 nitrogen and oxygen atoms in total. The summed E-state index contributed by atoms with van der Waals surface area (Å²) in [5.74, 6) is -1.00. The Balaban J connectivity index is 1.63. The van der Waals surface area contributed by atoms with Gasteiger partial charge in [0.2, 0.25) is 5.91 Å². The van der Waals surface area contributed by atoms with E-state index in [1.54, 1.807) is 17.6 Å². The van der Waals surface area contributed by atoms with Crippen molar-refractivity contribution in [2.75, 3.05) is 5.32 Å². The highest BCUT2D eigenvalue weighted by Crippen LogP contribution is 2.12. The maximum atomic E-state index is 12.1. The van der Waals surface area contributed by atoms with Gasteiger partial charge in [0.25, 0.3) is 5.56 Å². The number of hydrogen-bond donors (Lipinski definition) is 1. The third-order valence-corrected chi connectivity index (χ3v) is 4.11. The first-order valence-electron chi connectivity index (χ1n) is 7.46. The quantitative estimate of drug-likeness (QED) is 0.689. The van der Waals surface area contributed by atoms with Crippen LogP contribution in [0, 0.1) is 11.3 Å². The number of carbonyl (C=O) groups is 2. The van der Waals surface area contributed by atoms with Gasteiger partial charge in [0, 0.05) is 23.3 Å². The minimum atomic E-state index is -0.576. The normalized spacial score (nSPS) is 10.3. The zero-order chi connectivity index (χ0) is 18.5. The highest BCUT2D eigenvalue weighted by Gasteiger charge is 2.10. The van der Waals surface area contributed by atoms with Crippen molar-refractivity contribution in [1.29, 1.82) is 5.26 Å². The SMILES string of the molecule is N#CCC(=O)Nc1ccc(C(=O)OCc2cc(=O)n3ccsc3n2)cc1. The van der Waals surface area contributed by atoms with Crippen molar-refractivity contribution >= 4 is 33.9 Å². The van der Waals surface area contributed by atoms with Crippen LogP contribution in [-0.4, -0.2) is 21.3 Å². The van der Waals surface area contributed by atoms with Gasteiger partial charge in [-0.15, -0.1) is 11.3 Å². The molecule has 0 atom stereocenters. The van der Waals surface area contributed by atoms with E-state index < -0.39 is 11.9 Å². The van der Waals surface area contributed by atoms with E-state index in [1.165, 1.54) is 46.1 Å². The lowest BCUT2D eigenvalue weighted by Crippen LogP contribution is -2.14. The molecule has 0 spiro atoms. The summed E-state index contributed by atoms with van der Waals surface area (Å²) in [6.45, 7) is -0.122. The Morgan fingerprint density at radius 2 is 2.08 bits per heavy atom. The molecule has 1 amide bonds.